The monoisotopic (exact) mass is 611 g/mol. The molecule has 33 heavy (non-hydrogen) atoms. The molecular formula is C18H24Br2N5O7P. The van der Waals surface area contributed by atoms with Crippen LogP contribution in [-0.4, -0.2) is 51.3 Å². The molecular weight excluding hydrogens is 589 g/mol. The Kier molecular flexibility index (Phi) is 10.9. The van der Waals surface area contributed by atoms with Gasteiger partial charge in [-0.15, -0.1) is 0 Å². The molecule has 0 atom stereocenters. The molecule has 1 aromatic carbocycles. The van der Waals surface area contributed by atoms with E-state index < -0.39 is 18.6 Å². The topological polar surface area (TPSA) is 147 Å². The van der Waals surface area contributed by atoms with Crippen molar-refractivity contribution in [1.29, 1.82) is 0 Å². The van der Waals surface area contributed by atoms with E-state index in [-0.39, 0.29) is 30.5 Å². The maximum atomic E-state index is 12.9. The van der Waals surface area contributed by atoms with E-state index in [0.717, 1.165) is 0 Å². The first-order valence-corrected chi connectivity index (χ1v) is 13.5. The lowest BCUT2D eigenvalue weighted by Crippen LogP contribution is -2.26. The van der Waals surface area contributed by atoms with Gasteiger partial charge in [-0.2, -0.15) is 0 Å². The highest BCUT2D eigenvalue weighted by molar-refractivity contribution is 9.09. The van der Waals surface area contributed by atoms with E-state index in [1.165, 1.54) is 31.0 Å². The molecule has 0 aliphatic carbocycles. The van der Waals surface area contributed by atoms with Crippen LogP contribution >= 0.6 is 39.5 Å². The van der Waals surface area contributed by atoms with Gasteiger partial charge in [-0.05, 0) is 22.6 Å². The number of esters is 1. The number of benzene rings is 1. The third kappa shape index (κ3) is 7.87. The maximum absolute atomic E-state index is 12.9. The first-order valence-electron chi connectivity index (χ1n) is 9.60. The average molecular weight is 613 g/mol. The molecule has 12 nitrogen and oxygen atoms in total. The van der Waals surface area contributed by atoms with Crippen LogP contribution in [0.25, 0.3) is 0 Å². The van der Waals surface area contributed by atoms with Gasteiger partial charge in [0, 0.05) is 23.7 Å². The van der Waals surface area contributed by atoms with Crippen molar-refractivity contribution in [3.63, 3.8) is 0 Å². The third-order valence-electron chi connectivity index (χ3n) is 4.29. The molecule has 0 spiro atoms. The van der Waals surface area contributed by atoms with Crippen LogP contribution in [0.3, 0.4) is 0 Å². The van der Waals surface area contributed by atoms with E-state index in [9.17, 15) is 19.5 Å². The molecule has 2 N–H and O–H groups in total. The fourth-order valence-corrected chi connectivity index (χ4v) is 5.09. The van der Waals surface area contributed by atoms with Gasteiger partial charge in [-0.1, -0.05) is 42.9 Å². The van der Waals surface area contributed by atoms with E-state index in [1.54, 1.807) is 12.1 Å². The summed E-state index contributed by atoms with van der Waals surface area (Å²) in [6, 6.07) is 4.73. The second-order valence-corrected chi connectivity index (χ2v) is 10.1. The molecule has 2 rings (SSSR count). The third-order valence-corrected chi connectivity index (χ3v) is 6.86. The number of rotatable bonds is 14. The predicted molar refractivity (Wildman–Crippen MR) is 128 cm³/mol. The van der Waals surface area contributed by atoms with Gasteiger partial charge in [0.05, 0.1) is 20.8 Å². The van der Waals surface area contributed by atoms with Crippen molar-refractivity contribution in [2.24, 2.45) is 7.05 Å². The first kappa shape index (κ1) is 27.4. The number of aromatic nitrogens is 2. The Morgan fingerprint density at radius 3 is 2.45 bits per heavy atom. The van der Waals surface area contributed by atoms with Crippen LogP contribution in [0.2, 0.25) is 0 Å². The van der Waals surface area contributed by atoms with Gasteiger partial charge in [-0.3, -0.25) is 4.57 Å². The van der Waals surface area contributed by atoms with Crippen molar-refractivity contribution in [3.8, 4) is 5.75 Å². The van der Waals surface area contributed by atoms with Crippen LogP contribution in [0.1, 0.15) is 21.6 Å². The number of carbonyl (C=O) groups is 1. The Labute approximate surface area is 207 Å². The van der Waals surface area contributed by atoms with E-state index in [4.69, 9.17) is 14.0 Å². The number of carbonyl (C=O) groups excluding carboxylic acids is 1. The fourth-order valence-electron chi connectivity index (χ4n) is 2.64. The SMILES string of the molecule is COC(=O)c1cc(COP(=O)(NCCBr)NCCBr)ccc1OCc1cnc([N+](=O)[O-])n1C. The molecule has 0 unspecified atom stereocenters. The number of nitro groups is 1. The largest absolute Gasteiger partial charge is 0.485 e. The molecule has 1 heterocycles. The smallest absolute Gasteiger partial charge is 0.434 e. The van der Waals surface area contributed by atoms with Crippen LogP contribution in [0.5, 0.6) is 5.75 Å². The van der Waals surface area contributed by atoms with Crippen molar-refractivity contribution in [1.82, 2.24) is 19.7 Å². The molecule has 0 saturated heterocycles. The van der Waals surface area contributed by atoms with E-state index >= 15 is 0 Å². The minimum Gasteiger partial charge on any atom is -0.485 e. The summed E-state index contributed by atoms with van der Waals surface area (Å²) >= 11 is 6.54. The van der Waals surface area contributed by atoms with Gasteiger partial charge in [0.2, 0.25) is 0 Å². The fraction of sp³-hybridized carbons (Fsp3) is 0.444. The van der Waals surface area contributed by atoms with Crippen molar-refractivity contribution >= 4 is 51.4 Å². The zero-order chi connectivity index (χ0) is 24.4. The molecule has 2 aromatic rings. The highest BCUT2D eigenvalue weighted by Gasteiger charge is 2.23. The van der Waals surface area contributed by atoms with Crippen LogP contribution in [-0.2, 0) is 34.1 Å². The van der Waals surface area contributed by atoms with Crippen LogP contribution < -0.4 is 14.9 Å². The Hall–Kier alpha value is -1.83. The second-order valence-electron chi connectivity index (χ2n) is 6.50. The summed E-state index contributed by atoms with van der Waals surface area (Å²) in [5.41, 5.74) is 1.15. The van der Waals surface area contributed by atoms with Crippen molar-refractivity contribution in [2.45, 2.75) is 13.2 Å². The summed E-state index contributed by atoms with van der Waals surface area (Å²) in [6.45, 7) is 0.761. The lowest BCUT2D eigenvalue weighted by Gasteiger charge is -2.20. The molecule has 15 heteroatoms. The van der Waals surface area contributed by atoms with Crippen LogP contribution in [0.15, 0.2) is 24.4 Å². The number of nitrogens with one attached hydrogen (secondary N) is 2. The number of nitrogens with zero attached hydrogens (tertiary/aromatic N) is 3. The molecule has 0 aliphatic heterocycles. The molecule has 0 radical (unpaired) electrons. The Morgan fingerprint density at radius 1 is 1.24 bits per heavy atom. The standard InChI is InChI=1S/C18H24Br2N5O7P/c1-24-14(10-21-18(24)25(27)28)12-31-16-4-3-13(9-15(16)17(26)30-2)11-32-33(29,22-7-5-19)23-8-6-20/h3-4,9-10H,5-8,11-12H2,1-2H3,(H2,22,23,29). The zero-order valence-corrected chi connectivity index (χ0v) is 22.0. The number of hydrogen-bond donors (Lipinski definition) is 2. The molecule has 0 bridgehead atoms. The summed E-state index contributed by atoms with van der Waals surface area (Å²) in [4.78, 5) is 26.4. The highest BCUT2D eigenvalue weighted by Crippen LogP contribution is 2.38. The molecule has 0 aliphatic rings. The summed E-state index contributed by atoms with van der Waals surface area (Å²) < 4.78 is 30.4. The lowest BCUT2D eigenvalue weighted by atomic mass is 10.1. The number of alkyl halides is 2. The number of ether oxygens (including phenoxy) is 2. The highest BCUT2D eigenvalue weighted by atomic mass is 79.9. The number of imidazole rings is 1. The quantitative estimate of drug-likeness (QED) is 0.107. The van der Waals surface area contributed by atoms with Gasteiger partial charge in [0.1, 0.15) is 24.1 Å². The van der Waals surface area contributed by atoms with Crippen molar-refractivity contribution < 1.29 is 28.3 Å². The Bertz CT molecular complexity index is 1010. The predicted octanol–water partition coefficient (Wildman–Crippen LogP) is 3.29. The summed E-state index contributed by atoms with van der Waals surface area (Å²) in [7, 11) is -0.576. The van der Waals surface area contributed by atoms with Gasteiger partial charge >= 0.3 is 19.6 Å². The first-order chi connectivity index (χ1) is 15.7. The number of hydrogen-bond acceptors (Lipinski definition) is 8. The van der Waals surface area contributed by atoms with Gasteiger partial charge in [0.15, 0.2) is 5.69 Å². The van der Waals surface area contributed by atoms with Gasteiger partial charge in [0.25, 0.3) is 0 Å². The van der Waals surface area contributed by atoms with Gasteiger partial charge in [-0.25, -0.2) is 19.5 Å². The minimum atomic E-state index is -3.31. The van der Waals surface area contributed by atoms with Crippen LogP contribution in [0.4, 0.5) is 5.95 Å². The number of methoxy groups -OCH3 is 1. The second kappa shape index (κ2) is 13.2. The number of halogens is 2. The van der Waals surface area contributed by atoms with Crippen LogP contribution in [0, 0.1) is 10.1 Å². The van der Waals surface area contributed by atoms with E-state index in [2.05, 4.69) is 47.0 Å². The minimum absolute atomic E-state index is 0.0416. The van der Waals surface area contributed by atoms with Crippen molar-refractivity contribution in [3.05, 3.63) is 51.3 Å². The molecule has 0 amide bonds. The Morgan fingerprint density at radius 2 is 1.91 bits per heavy atom. The Balaban J connectivity index is 2.17. The average Bonchev–Trinajstić information content (AvgIpc) is 3.19. The summed E-state index contributed by atoms with van der Waals surface area (Å²) in [6.07, 6.45) is 1.33. The summed E-state index contributed by atoms with van der Waals surface area (Å²) in [5, 5.41) is 17.8. The van der Waals surface area contributed by atoms with E-state index in [0.29, 0.717) is 35.0 Å². The molecule has 0 fully saturated rings. The van der Waals surface area contributed by atoms with Gasteiger partial charge < -0.3 is 24.1 Å². The zero-order valence-electron chi connectivity index (χ0n) is 18.0. The lowest BCUT2D eigenvalue weighted by molar-refractivity contribution is -0.396. The van der Waals surface area contributed by atoms with Crippen molar-refractivity contribution in [2.75, 3.05) is 30.9 Å². The molecule has 182 valence electrons. The maximum Gasteiger partial charge on any atom is 0.434 e. The van der Waals surface area contributed by atoms with E-state index in [1.807, 2.05) is 0 Å². The molecule has 0 saturated carbocycles. The molecule has 1 aromatic heterocycles. The summed E-state index contributed by atoms with van der Waals surface area (Å²) in [5.74, 6) is -0.742. The normalized spacial score (nSPS) is 11.4.